The van der Waals surface area contributed by atoms with Crippen LogP contribution >= 0.6 is 0 Å². The van der Waals surface area contributed by atoms with E-state index in [0.29, 0.717) is 0 Å². The van der Waals surface area contributed by atoms with Crippen LogP contribution in [-0.4, -0.2) is 15.0 Å². The zero-order valence-electron chi connectivity index (χ0n) is 23.5. The van der Waals surface area contributed by atoms with Crippen molar-refractivity contribution < 1.29 is 0 Å². The van der Waals surface area contributed by atoms with Gasteiger partial charge in [0.05, 0.1) is 22.4 Å². The van der Waals surface area contributed by atoms with Gasteiger partial charge in [0.2, 0.25) is 0 Å². The Morgan fingerprint density at radius 3 is 1.44 bits per heavy atom. The van der Waals surface area contributed by atoms with Crippen LogP contribution in [0, 0.1) is 0 Å². The van der Waals surface area contributed by atoms with E-state index in [-0.39, 0.29) is 5.41 Å². The van der Waals surface area contributed by atoms with E-state index in [0.717, 1.165) is 33.5 Å². The van der Waals surface area contributed by atoms with Gasteiger partial charge >= 0.3 is 0 Å². The van der Waals surface area contributed by atoms with E-state index < -0.39 is 0 Å². The lowest BCUT2D eigenvalue weighted by Crippen LogP contribution is -2.04. The first-order chi connectivity index (χ1) is 21.3. The molecule has 2 aromatic heterocycles. The highest BCUT2D eigenvalue weighted by molar-refractivity contribution is 5.89. The molecule has 0 unspecified atom stereocenters. The largest absolute Gasteiger partial charge is 0.265 e. The Balaban J connectivity index is 1.09. The molecule has 0 bridgehead atoms. The van der Waals surface area contributed by atoms with Crippen LogP contribution in [0.5, 0.6) is 0 Å². The third kappa shape index (κ3) is 3.85. The summed E-state index contributed by atoms with van der Waals surface area (Å²) in [6.45, 7) is 0. The number of rotatable bonds is 4. The Morgan fingerprint density at radius 1 is 0.419 bits per heavy atom. The number of fused-ring (bicyclic) bond motifs is 6. The van der Waals surface area contributed by atoms with Crippen molar-refractivity contribution in [2.24, 2.45) is 0 Å². The van der Waals surface area contributed by atoms with E-state index in [1.807, 2.05) is 42.7 Å². The van der Waals surface area contributed by atoms with Crippen LogP contribution in [0.3, 0.4) is 0 Å². The summed E-state index contributed by atoms with van der Waals surface area (Å²) in [6, 6.07) is 45.5. The second-order valence-electron chi connectivity index (χ2n) is 11.7. The van der Waals surface area contributed by atoms with Crippen LogP contribution in [0.15, 0.2) is 140 Å². The highest BCUT2D eigenvalue weighted by atomic mass is 14.8. The van der Waals surface area contributed by atoms with E-state index in [1.165, 1.54) is 57.3 Å². The lowest BCUT2D eigenvalue weighted by molar-refractivity contribution is 0.880. The number of aromatic nitrogens is 3. The van der Waals surface area contributed by atoms with Crippen LogP contribution in [0.4, 0.5) is 0 Å². The highest BCUT2D eigenvalue weighted by Crippen LogP contribution is 2.63. The lowest BCUT2D eigenvalue weighted by Gasteiger charge is -2.14. The summed E-state index contributed by atoms with van der Waals surface area (Å²) in [5.74, 6) is 0. The predicted octanol–water partition coefficient (Wildman–Crippen LogP) is 9.75. The standard InChI is InChI=1S/C40H27N3/c1-2-6-28(7-3-1)38-39(43-37-9-5-4-8-36(37)42-38)29-12-10-26(11-13-29)30-14-16-32-33-17-15-31(27-18-22-41-23-19-27)25-35(33)40(20-21-40)34(32)24-30/h1-19,22-25H,20-21H2. The van der Waals surface area contributed by atoms with Crippen molar-refractivity contribution in [1.29, 1.82) is 0 Å². The summed E-state index contributed by atoms with van der Waals surface area (Å²) < 4.78 is 0. The summed E-state index contributed by atoms with van der Waals surface area (Å²) in [4.78, 5) is 14.3. The van der Waals surface area contributed by atoms with Gasteiger partial charge in [-0.3, -0.25) is 4.98 Å². The SMILES string of the molecule is c1ccc(-c2nc3ccccc3nc2-c2ccc(-c3ccc4c(c3)C3(CC3)c3cc(-c5ccncc5)ccc3-4)cc2)cc1. The molecule has 43 heavy (non-hydrogen) atoms. The predicted molar refractivity (Wildman–Crippen MR) is 175 cm³/mol. The van der Waals surface area contributed by atoms with Gasteiger partial charge in [-0.1, -0.05) is 91.0 Å². The first-order valence-corrected chi connectivity index (χ1v) is 14.9. The van der Waals surface area contributed by atoms with Gasteiger partial charge in [-0.15, -0.1) is 0 Å². The molecule has 1 saturated carbocycles. The fourth-order valence-electron chi connectivity index (χ4n) is 6.88. The van der Waals surface area contributed by atoms with Crippen LogP contribution in [-0.2, 0) is 5.41 Å². The minimum Gasteiger partial charge on any atom is -0.265 e. The normalized spacial score (nSPS) is 14.0. The monoisotopic (exact) mass is 549 g/mol. The molecule has 7 aromatic rings. The van der Waals surface area contributed by atoms with Crippen LogP contribution in [0.2, 0.25) is 0 Å². The van der Waals surface area contributed by atoms with Gasteiger partial charge in [0, 0.05) is 28.9 Å². The van der Waals surface area contributed by atoms with Gasteiger partial charge in [-0.05, 0) is 93.7 Å². The molecular formula is C40H27N3. The molecule has 2 aliphatic carbocycles. The zero-order valence-corrected chi connectivity index (χ0v) is 23.5. The van der Waals surface area contributed by atoms with Crippen LogP contribution in [0.1, 0.15) is 24.0 Å². The molecule has 1 spiro atoms. The van der Waals surface area contributed by atoms with Crippen molar-refractivity contribution in [3.63, 3.8) is 0 Å². The number of hydrogen-bond acceptors (Lipinski definition) is 3. The molecule has 0 aliphatic heterocycles. The molecule has 9 rings (SSSR count). The highest BCUT2D eigenvalue weighted by Gasteiger charge is 2.52. The average molecular weight is 550 g/mol. The Bertz CT molecular complexity index is 2160. The number of nitrogens with zero attached hydrogens (tertiary/aromatic N) is 3. The van der Waals surface area contributed by atoms with E-state index >= 15 is 0 Å². The fourth-order valence-corrected chi connectivity index (χ4v) is 6.88. The van der Waals surface area contributed by atoms with Gasteiger partial charge in [0.25, 0.3) is 0 Å². The van der Waals surface area contributed by atoms with E-state index in [2.05, 4.69) is 102 Å². The molecule has 1 fully saturated rings. The molecule has 0 atom stereocenters. The molecule has 0 N–H and O–H groups in total. The van der Waals surface area contributed by atoms with Gasteiger partial charge in [0.15, 0.2) is 0 Å². The topological polar surface area (TPSA) is 38.7 Å². The van der Waals surface area contributed by atoms with E-state index in [9.17, 15) is 0 Å². The maximum absolute atomic E-state index is 5.08. The third-order valence-electron chi connectivity index (χ3n) is 9.23. The smallest absolute Gasteiger partial charge is 0.0973 e. The van der Waals surface area contributed by atoms with Crippen molar-refractivity contribution in [2.45, 2.75) is 18.3 Å². The van der Waals surface area contributed by atoms with E-state index in [4.69, 9.17) is 9.97 Å². The first kappa shape index (κ1) is 24.2. The lowest BCUT2D eigenvalue weighted by atomic mass is 9.90. The molecule has 202 valence electrons. The average Bonchev–Trinajstić information content (AvgIpc) is 3.85. The molecule has 0 radical (unpaired) electrons. The minimum absolute atomic E-state index is 0.148. The maximum atomic E-state index is 5.08. The van der Waals surface area contributed by atoms with Crippen molar-refractivity contribution in [3.05, 3.63) is 151 Å². The Morgan fingerprint density at radius 2 is 0.884 bits per heavy atom. The number of pyridine rings is 1. The van der Waals surface area contributed by atoms with Gasteiger partial charge in [-0.25, -0.2) is 9.97 Å². The molecule has 3 heteroatoms. The van der Waals surface area contributed by atoms with E-state index in [1.54, 1.807) is 0 Å². The molecule has 0 amide bonds. The Kier molecular flexibility index (Phi) is 5.24. The minimum atomic E-state index is 0.148. The summed E-state index contributed by atoms with van der Waals surface area (Å²) in [5.41, 5.74) is 16.6. The number of benzene rings is 5. The number of para-hydroxylation sites is 2. The first-order valence-electron chi connectivity index (χ1n) is 14.9. The zero-order chi connectivity index (χ0) is 28.4. The second-order valence-corrected chi connectivity index (χ2v) is 11.7. The summed E-state index contributed by atoms with van der Waals surface area (Å²) in [7, 11) is 0. The Hall–Kier alpha value is -5.41. The third-order valence-corrected chi connectivity index (χ3v) is 9.23. The summed E-state index contributed by atoms with van der Waals surface area (Å²) in [6.07, 6.45) is 6.16. The van der Waals surface area contributed by atoms with Crippen molar-refractivity contribution >= 4 is 11.0 Å². The molecular weight excluding hydrogens is 522 g/mol. The summed E-state index contributed by atoms with van der Waals surface area (Å²) >= 11 is 0. The second kappa shape index (κ2) is 9.30. The number of hydrogen-bond donors (Lipinski definition) is 0. The molecule has 0 saturated heterocycles. The molecule has 2 aliphatic rings. The molecule has 2 heterocycles. The van der Waals surface area contributed by atoms with Crippen LogP contribution in [0.25, 0.3) is 66.9 Å². The maximum Gasteiger partial charge on any atom is 0.0973 e. The summed E-state index contributed by atoms with van der Waals surface area (Å²) in [5, 5.41) is 0. The molecule has 3 nitrogen and oxygen atoms in total. The van der Waals surface area contributed by atoms with Crippen LogP contribution < -0.4 is 0 Å². The molecule has 5 aromatic carbocycles. The van der Waals surface area contributed by atoms with Crippen molar-refractivity contribution in [1.82, 2.24) is 15.0 Å². The van der Waals surface area contributed by atoms with Crippen molar-refractivity contribution in [3.8, 4) is 55.9 Å². The van der Waals surface area contributed by atoms with Crippen molar-refractivity contribution in [2.75, 3.05) is 0 Å². The fraction of sp³-hybridized carbons (Fsp3) is 0.0750. The Labute approximate surface area is 250 Å². The van der Waals surface area contributed by atoms with Gasteiger partial charge < -0.3 is 0 Å². The van der Waals surface area contributed by atoms with Gasteiger partial charge in [0.1, 0.15) is 0 Å². The quantitative estimate of drug-likeness (QED) is 0.219. The van der Waals surface area contributed by atoms with Gasteiger partial charge in [-0.2, -0.15) is 0 Å².